The summed E-state index contributed by atoms with van der Waals surface area (Å²) >= 11 is 0. The first-order valence-corrected chi connectivity index (χ1v) is 6.57. The highest BCUT2D eigenvalue weighted by molar-refractivity contribution is 5.92. The van der Waals surface area contributed by atoms with Crippen LogP contribution < -0.4 is 0 Å². The van der Waals surface area contributed by atoms with Crippen LogP contribution in [0.25, 0.3) is 0 Å². The van der Waals surface area contributed by atoms with Gasteiger partial charge in [-0.25, -0.2) is 4.98 Å². The highest BCUT2D eigenvalue weighted by Crippen LogP contribution is 2.37. The van der Waals surface area contributed by atoms with Gasteiger partial charge in [-0.05, 0) is 31.6 Å². The lowest BCUT2D eigenvalue weighted by atomic mass is 10.3. The maximum absolute atomic E-state index is 12.2. The van der Waals surface area contributed by atoms with Gasteiger partial charge in [-0.2, -0.15) is 0 Å². The van der Waals surface area contributed by atoms with Crippen molar-refractivity contribution in [2.75, 3.05) is 13.1 Å². The van der Waals surface area contributed by atoms with E-state index in [4.69, 9.17) is 5.11 Å². The largest absolute Gasteiger partial charge is 0.480 e. The molecule has 0 atom stereocenters. The Morgan fingerprint density at radius 2 is 2.05 bits per heavy atom. The molecule has 3 rings (SSSR count). The van der Waals surface area contributed by atoms with E-state index in [0.29, 0.717) is 18.4 Å². The van der Waals surface area contributed by atoms with Crippen LogP contribution in [0, 0.1) is 5.92 Å². The molecule has 1 aromatic heterocycles. The smallest absolute Gasteiger partial charge is 0.323 e. The van der Waals surface area contributed by atoms with Crippen LogP contribution in [0.4, 0.5) is 0 Å². The second kappa shape index (κ2) is 4.64. The highest BCUT2D eigenvalue weighted by Gasteiger charge is 2.32. The van der Waals surface area contributed by atoms with Crippen LogP contribution in [0.2, 0.25) is 0 Å². The number of carboxylic acid groups (broad SMARTS) is 1. The van der Waals surface area contributed by atoms with Crippen LogP contribution in [0.3, 0.4) is 0 Å². The molecule has 1 aromatic rings. The molecule has 0 unspecified atom stereocenters. The molecule has 2 N–H and O–H groups in total. The molecule has 0 aromatic carbocycles. The summed E-state index contributed by atoms with van der Waals surface area (Å²) in [7, 11) is 0. The van der Waals surface area contributed by atoms with Crippen molar-refractivity contribution in [1.29, 1.82) is 0 Å². The molecule has 0 saturated heterocycles. The lowest BCUT2D eigenvalue weighted by Crippen LogP contribution is -2.37. The molecular formula is C12H16N4O3. The highest BCUT2D eigenvalue weighted by atomic mass is 16.4. The number of rotatable bonds is 6. The van der Waals surface area contributed by atoms with Crippen molar-refractivity contribution < 1.29 is 14.7 Å². The van der Waals surface area contributed by atoms with E-state index in [1.54, 1.807) is 0 Å². The summed E-state index contributed by atoms with van der Waals surface area (Å²) in [5, 5.41) is 15.6. The minimum Gasteiger partial charge on any atom is -0.480 e. The van der Waals surface area contributed by atoms with Crippen molar-refractivity contribution in [3.63, 3.8) is 0 Å². The van der Waals surface area contributed by atoms with Crippen molar-refractivity contribution in [1.82, 2.24) is 20.1 Å². The van der Waals surface area contributed by atoms with Gasteiger partial charge in [0.25, 0.3) is 5.91 Å². The SMILES string of the molecule is O=C(O)CN(CC1CC1)C(=O)c1n[nH]c(C2CC2)n1. The molecule has 7 nitrogen and oxygen atoms in total. The summed E-state index contributed by atoms with van der Waals surface area (Å²) in [5.74, 6) is 0.258. The zero-order valence-corrected chi connectivity index (χ0v) is 10.5. The van der Waals surface area contributed by atoms with Crippen molar-refractivity contribution in [3.8, 4) is 0 Å². The van der Waals surface area contributed by atoms with Gasteiger partial charge in [-0.1, -0.05) is 0 Å². The van der Waals surface area contributed by atoms with Crippen molar-refractivity contribution >= 4 is 11.9 Å². The van der Waals surface area contributed by atoms with E-state index in [0.717, 1.165) is 31.5 Å². The number of aliphatic carboxylic acids is 1. The van der Waals surface area contributed by atoms with Crippen LogP contribution in [0.1, 0.15) is 48.0 Å². The second-order valence-corrected chi connectivity index (χ2v) is 5.34. The van der Waals surface area contributed by atoms with Gasteiger partial charge >= 0.3 is 5.97 Å². The van der Waals surface area contributed by atoms with Crippen LogP contribution in [0.15, 0.2) is 0 Å². The van der Waals surface area contributed by atoms with Gasteiger partial charge in [0.05, 0.1) is 0 Å². The molecule has 1 heterocycles. The Morgan fingerprint density at radius 1 is 1.32 bits per heavy atom. The van der Waals surface area contributed by atoms with Gasteiger partial charge in [0, 0.05) is 12.5 Å². The monoisotopic (exact) mass is 264 g/mol. The minimum absolute atomic E-state index is 0.0869. The predicted octanol–water partition coefficient (Wildman–Crippen LogP) is 0.619. The van der Waals surface area contributed by atoms with Gasteiger partial charge < -0.3 is 10.0 Å². The van der Waals surface area contributed by atoms with E-state index < -0.39 is 11.9 Å². The zero-order valence-electron chi connectivity index (χ0n) is 10.5. The third kappa shape index (κ3) is 2.91. The average Bonchev–Trinajstić information content (AvgIpc) is 3.28. The first-order chi connectivity index (χ1) is 9.13. The molecule has 2 aliphatic carbocycles. The average molecular weight is 264 g/mol. The van der Waals surface area contributed by atoms with Crippen LogP contribution in [-0.2, 0) is 4.79 Å². The van der Waals surface area contributed by atoms with Crippen molar-refractivity contribution in [2.45, 2.75) is 31.6 Å². The Bertz CT molecular complexity index is 505. The normalized spacial score (nSPS) is 18.3. The van der Waals surface area contributed by atoms with E-state index >= 15 is 0 Å². The molecular weight excluding hydrogens is 248 g/mol. The summed E-state index contributed by atoms with van der Waals surface area (Å²) in [6.07, 6.45) is 4.27. The second-order valence-electron chi connectivity index (χ2n) is 5.34. The molecule has 0 radical (unpaired) electrons. The molecule has 7 heteroatoms. The summed E-state index contributed by atoms with van der Waals surface area (Å²) in [4.78, 5) is 28.6. The molecule has 0 aliphatic heterocycles. The molecule has 0 bridgehead atoms. The first kappa shape index (κ1) is 12.1. The number of aromatic nitrogens is 3. The topological polar surface area (TPSA) is 99.2 Å². The number of aromatic amines is 1. The van der Waals surface area contributed by atoms with E-state index in [1.165, 1.54) is 4.90 Å². The Balaban J connectivity index is 1.71. The molecule has 102 valence electrons. The predicted molar refractivity (Wildman–Crippen MR) is 64.6 cm³/mol. The first-order valence-electron chi connectivity index (χ1n) is 6.57. The van der Waals surface area contributed by atoms with Crippen molar-refractivity contribution in [2.24, 2.45) is 5.92 Å². The number of carbonyl (C=O) groups is 2. The number of H-pyrrole nitrogens is 1. The summed E-state index contributed by atoms with van der Waals surface area (Å²) in [6.45, 7) is 0.196. The number of amides is 1. The Morgan fingerprint density at radius 3 is 2.63 bits per heavy atom. The maximum Gasteiger partial charge on any atom is 0.323 e. The lowest BCUT2D eigenvalue weighted by Gasteiger charge is -2.18. The Hall–Kier alpha value is -1.92. The zero-order chi connectivity index (χ0) is 13.4. The maximum atomic E-state index is 12.2. The van der Waals surface area contributed by atoms with Crippen LogP contribution in [-0.4, -0.2) is 50.2 Å². The van der Waals surface area contributed by atoms with E-state index in [2.05, 4.69) is 15.2 Å². The molecule has 1 amide bonds. The fourth-order valence-electron chi connectivity index (χ4n) is 2.05. The molecule has 2 saturated carbocycles. The van der Waals surface area contributed by atoms with Gasteiger partial charge in [-0.3, -0.25) is 14.7 Å². The molecule has 2 aliphatic rings. The van der Waals surface area contributed by atoms with Gasteiger partial charge in [0.15, 0.2) is 0 Å². The quantitative estimate of drug-likeness (QED) is 0.784. The number of carboxylic acids is 1. The molecule has 19 heavy (non-hydrogen) atoms. The summed E-state index contributed by atoms with van der Waals surface area (Å²) < 4.78 is 0. The third-order valence-electron chi connectivity index (χ3n) is 3.45. The van der Waals surface area contributed by atoms with Gasteiger partial charge in [-0.15, -0.1) is 5.10 Å². The Labute approximate surface area is 110 Å². The number of nitrogens with one attached hydrogen (secondary N) is 1. The third-order valence-corrected chi connectivity index (χ3v) is 3.45. The fraction of sp³-hybridized carbons (Fsp3) is 0.667. The van der Waals surface area contributed by atoms with Gasteiger partial charge in [0.1, 0.15) is 12.4 Å². The van der Waals surface area contributed by atoms with E-state index in [1.807, 2.05) is 0 Å². The Kier molecular flexibility index (Phi) is 2.96. The standard InChI is InChI=1S/C12H16N4O3/c17-9(18)6-16(5-7-1-2-7)12(19)11-13-10(14-15-11)8-3-4-8/h7-8H,1-6H2,(H,17,18)(H,13,14,15). The number of nitrogens with zero attached hydrogens (tertiary/aromatic N) is 3. The number of hydrogen-bond acceptors (Lipinski definition) is 4. The van der Waals surface area contributed by atoms with Crippen LogP contribution in [0.5, 0.6) is 0 Å². The van der Waals surface area contributed by atoms with Crippen LogP contribution >= 0.6 is 0 Å². The number of carbonyl (C=O) groups excluding carboxylic acids is 1. The van der Waals surface area contributed by atoms with E-state index in [-0.39, 0.29) is 12.4 Å². The van der Waals surface area contributed by atoms with E-state index in [9.17, 15) is 9.59 Å². The molecule has 0 spiro atoms. The minimum atomic E-state index is -1.01. The lowest BCUT2D eigenvalue weighted by molar-refractivity contribution is -0.137. The summed E-state index contributed by atoms with van der Waals surface area (Å²) in [6, 6.07) is 0. The summed E-state index contributed by atoms with van der Waals surface area (Å²) in [5.41, 5.74) is 0. The van der Waals surface area contributed by atoms with Gasteiger partial charge in [0.2, 0.25) is 5.82 Å². The molecule has 2 fully saturated rings. The fourth-order valence-corrected chi connectivity index (χ4v) is 2.05. The van der Waals surface area contributed by atoms with Crippen molar-refractivity contribution in [3.05, 3.63) is 11.6 Å². The number of hydrogen-bond donors (Lipinski definition) is 2.